The Kier molecular flexibility index (Phi) is 10.0. The van der Waals surface area contributed by atoms with Gasteiger partial charge in [0.05, 0.1) is 26.2 Å². The molecule has 0 aromatic carbocycles. The van der Waals surface area contributed by atoms with Crippen LogP contribution in [0.3, 0.4) is 0 Å². The molecule has 0 amide bonds. The summed E-state index contributed by atoms with van der Waals surface area (Å²) in [7, 11) is 0. The molecule has 0 aliphatic carbocycles. The highest BCUT2D eigenvalue weighted by Crippen LogP contribution is 2.20. The second-order valence-corrected chi connectivity index (χ2v) is 5.44. The number of rotatable bonds is 7. The van der Waals surface area contributed by atoms with Gasteiger partial charge in [0.2, 0.25) is 0 Å². The van der Waals surface area contributed by atoms with E-state index in [1.165, 1.54) is 75.6 Å². The summed E-state index contributed by atoms with van der Waals surface area (Å²) < 4.78 is 1.44. The summed E-state index contributed by atoms with van der Waals surface area (Å²) in [6, 6.07) is 0. The molecular weight excluding hydrogens is 226 g/mol. The number of nitrogens with zero attached hydrogens (tertiary/aromatic N) is 1. The van der Waals surface area contributed by atoms with Crippen LogP contribution in [0.2, 0.25) is 0 Å². The molecule has 0 aromatic rings. The largest absolute Gasteiger partial charge is 0.550 e. The maximum atomic E-state index is 8.89. The average molecular weight is 257 g/mol. The Labute approximate surface area is 113 Å². The maximum absolute atomic E-state index is 8.89. The van der Waals surface area contributed by atoms with Crippen LogP contribution in [0.25, 0.3) is 0 Å². The minimum absolute atomic E-state index is 0.972. The van der Waals surface area contributed by atoms with Crippen LogP contribution in [0.1, 0.15) is 65.7 Å². The topological polar surface area (TPSA) is 40.1 Å². The van der Waals surface area contributed by atoms with Crippen molar-refractivity contribution in [3.8, 4) is 0 Å². The molecule has 1 heterocycles. The van der Waals surface area contributed by atoms with E-state index in [1.807, 2.05) is 0 Å². The molecule has 0 spiro atoms. The molecule has 0 atom stereocenters. The zero-order valence-electron chi connectivity index (χ0n) is 12.5. The Morgan fingerprint density at radius 2 is 1.56 bits per heavy atom. The fourth-order valence-corrected chi connectivity index (χ4v) is 2.75. The Morgan fingerprint density at radius 3 is 2.00 bits per heavy atom. The molecule has 1 fully saturated rings. The fraction of sp³-hybridized carbons (Fsp3) is 0.933. The number of carboxylic acids is 1. The van der Waals surface area contributed by atoms with Gasteiger partial charge < -0.3 is 14.4 Å². The molecule has 1 saturated heterocycles. The van der Waals surface area contributed by atoms with Gasteiger partial charge in [-0.15, -0.1) is 0 Å². The SMILES string of the molecule is CC(=O)[O-].CCCCCCC[N+]1(CC)CCCC1. The van der Waals surface area contributed by atoms with Crippen molar-refractivity contribution in [1.29, 1.82) is 0 Å². The van der Waals surface area contributed by atoms with Gasteiger partial charge in [-0.25, -0.2) is 0 Å². The molecule has 18 heavy (non-hydrogen) atoms. The molecular formula is C15H31NO2. The lowest BCUT2D eigenvalue weighted by atomic mass is 10.1. The van der Waals surface area contributed by atoms with Gasteiger partial charge in [0.15, 0.2) is 0 Å². The summed E-state index contributed by atoms with van der Waals surface area (Å²) in [4.78, 5) is 8.89. The number of hydrogen-bond donors (Lipinski definition) is 0. The third-order valence-corrected chi connectivity index (χ3v) is 3.92. The van der Waals surface area contributed by atoms with Crippen molar-refractivity contribution in [1.82, 2.24) is 0 Å². The molecule has 0 unspecified atom stereocenters. The van der Waals surface area contributed by atoms with E-state index in [2.05, 4.69) is 13.8 Å². The number of carboxylic acid groups (broad SMARTS) is 1. The summed E-state index contributed by atoms with van der Waals surface area (Å²) >= 11 is 0. The van der Waals surface area contributed by atoms with E-state index >= 15 is 0 Å². The van der Waals surface area contributed by atoms with E-state index in [1.54, 1.807) is 0 Å². The van der Waals surface area contributed by atoms with Crippen LogP contribution in [-0.4, -0.2) is 36.6 Å². The predicted octanol–water partition coefficient (Wildman–Crippen LogP) is 2.34. The van der Waals surface area contributed by atoms with Crippen molar-refractivity contribution in [3.63, 3.8) is 0 Å². The predicted molar refractivity (Wildman–Crippen MR) is 74.1 cm³/mol. The molecule has 0 saturated carbocycles. The summed E-state index contributed by atoms with van der Waals surface area (Å²) in [5, 5.41) is 8.89. The third kappa shape index (κ3) is 8.51. The Bertz CT molecular complexity index is 207. The Morgan fingerprint density at radius 1 is 1.06 bits per heavy atom. The quantitative estimate of drug-likeness (QED) is 0.519. The molecule has 3 nitrogen and oxygen atoms in total. The van der Waals surface area contributed by atoms with E-state index in [-0.39, 0.29) is 0 Å². The van der Waals surface area contributed by atoms with Gasteiger partial charge in [-0.3, -0.25) is 0 Å². The smallest absolute Gasteiger partial charge is 0.0788 e. The summed E-state index contributed by atoms with van der Waals surface area (Å²) in [5.41, 5.74) is 0. The zero-order chi connectivity index (χ0) is 13.9. The van der Waals surface area contributed by atoms with E-state index in [4.69, 9.17) is 9.90 Å². The van der Waals surface area contributed by atoms with Crippen molar-refractivity contribution in [2.24, 2.45) is 0 Å². The van der Waals surface area contributed by atoms with Crippen molar-refractivity contribution in [3.05, 3.63) is 0 Å². The highest BCUT2D eigenvalue weighted by molar-refractivity contribution is 5.60. The number of hydrogen-bond acceptors (Lipinski definition) is 2. The number of quaternary nitrogens is 1. The van der Waals surface area contributed by atoms with Crippen molar-refractivity contribution < 1.29 is 14.4 Å². The molecule has 1 rings (SSSR count). The van der Waals surface area contributed by atoms with Crippen LogP contribution < -0.4 is 5.11 Å². The molecule has 1 aliphatic heterocycles. The van der Waals surface area contributed by atoms with Crippen LogP contribution in [0, 0.1) is 0 Å². The van der Waals surface area contributed by atoms with Crippen LogP contribution in [0.15, 0.2) is 0 Å². The van der Waals surface area contributed by atoms with Gasteiger partial charge in [0, 0.05) is 18.8 Å². The molecule has 0 N–H and O–H groups in total. The average Bonchev–Trinajstić information content (AvgIpc) is 2.77. The minimum Gasteiger partial charge on any atom is -0.550 e. The molecule has 108 valence electrons. The number of unbranched alkanes of at least 4 members (excludes halogenated alkanes) is 4. The van der Waals surface area contributed by atoms with Crippen LogP contribution in [0.5, 0.6) is 0 Å². The third-order valence-electron chi connectivity index (χ3n) is 3.92. The van der Waals surface area contributed by atoms with Gasteiger partial charge in [-0.2, -0.15) is 0 Å². The molecule has 3 heteroatoms. The van der Waals surface area contributed by atoms with Gasteiger partial charge in [-0.1, -0.05) is 26.2 Å². The van der Waals surface area contributed by atoms with Gasteiger partial charge in [-0.05, 0) is 26.7 Å². The Balaban J connectivity index is 0.000000631. The standard InChI is InChI=1S/C13H28N.C2H4O2/c1-3-5-6-7-8-11-14(4-2)12-9-10-13-14;1-2(3)4/h3-13H2,1-2H3;1H3,(H,3,4)/q+1;/p-1. The van der Waals surface area contributed by atoms with E-state index in [0.717, 1.165) is 6.92 Å². The van der Waals surface area contributed by atoms with Gasteiger partial charge in [0.25, 0.3) is 0 Å². The van der Waals surface area contributed by atoms with Gasteiger partial charge in [0.1, 0.15) is 0 Å². The molecule has 0 radical (unpaired) electrons. The molecule has 1 aliphatic rings. The van der Waals surface area contributed by atoms with E-state index in [0.29, 0.717) is 0 Å². The first-order valence-electron chi connectivity index (χ1n) is 7.59. The number of aliphatic carboxylic acids is 1. The number of likely N-dealkylation sites (tertiary alicyclic amines) is 1. The van der Waals surface area contributed by atoms with Crippen molar-refractivity contribution in [2.45, 2.75) is 65.7 Å². The second-order valence-electron chi connectivity index (χ2n) is 5.44. The van der Waals surface area contributed by atoms with Crippen molar-refractivity contribution in [2.75, 3.05) is 26.2 Å². The van der Waals surface area contributed by atoms with E-state index < -0.39 is 5.97 Å². The summed E-state index contributed by atoms with van der Waals surface area (Å²) in [6.45, 7) is 11.4. The highest BCUT2D eigenvalue weighted by Gasteiger charge is 2.28. The van der Waals surface area contributed by atoms with Crippen LogP contribution in [-0.2, 0) is 4.79 Å². The van der Waals surface area contributed by atoms with Crippen molar-refractivity contribution >= 4 is 5.97 Å². The van der Waals surface area contributed by atoms with Gasteiger partial charge >= 0.3 is 0 Å². The van der Waals surface area contributed by atoms with E-state index in [9.17, 15) is 0 Å². The monoisotopic (exact) mass is 257 g/mol. The lowest BCUT2D eigenvalue weighted by Crippen LogP contribution is -2.45. The first-order chi connectivity index (χ1) is 8.56. The second kappa shape index (κ2) is 10.4. The fourth-order valence-electron chi connectivity index (χ4n) is 2.75. The summed E-state index contributed by atoms with van der Waals surface area (Å²) in [5.74, 6) is -1.08. The molecule has 0 bridgehead atoms. The number of carbonyl (C=O) groups excluding carboxylic acids is 1. The number of carbonyl (C=O) groups is 1. The highest BCUT2D eigenvalue weighted by atomic mass is 16.4. The zero-order valence-corrected chi connectivity index (χ0v) is 12.5. The molecule has 0 aromatic heterocycles. The minimum atomic E-state index is -1.08. The normalized spacial score (nSPS) is 17.1. The first kappa shape index (κ1) is 17.4. The lowest BCUT2D eigenvalue weighted by molar-refractivity contribution is -0.915. The lowest BCUT2D eigenvalue weighted by Gasteiger charge is -2.33. The first-order valence-corrected chi connectivity index (χ1v) is 7.59. The summed E-state index contributed by atoms with van der Waals surface area (Å²) in [6.07, 6.45) is 10.1. The maximum Gasteiger partial charge on any atom is 0.0788 e. The van der Waals surface area contributed by atoms with Crippen LogP contribution in [0.4, 0.5) is 0 Å². The Hall–Kier alpha value is -0.570. The van der Waals surface area contributed by atoms with Crippen LogP contribution >= 0.6 is 0 Å².